The van der Waals surface area contributed by atoms with Crippen molar-refractivity contribution in [2.75, 3.05) is 17.2 Å². The zero-order valence-corrected chi connectivity index (χ0v) is 12.8. The van der Waals surface area contributed by atoms with Crippen LogP contribution in [-0.4, -0.2) is 32.8 Å². The molecular weight excluding hydrogens is 264 g/mol. The molecule has 2 aromatic heterocycles. The van der Waals surface area contributed by atoms with Gasteiger partial charge < -0.3 is 10.6 Å². The van der Waals surface area contributed by atoms with Gasteiger partial charge in [-0.15, -0.1) is 0 Å². The number of hydrogen-bond donors (Lipinski definition) is 2. The topological polar surface area (TPSA) is 83.7 Å². The van der Waals surface area contributed by atoms with Crippen LogP contribution in [0.5, 0.6) is 0 Å². The number of nitrogens with one attached hydrogen (secondary N) is 1. The number of fused-ring (bicyclic) bond motifs is 1. The molecular formula is C15H24N6. The van der Waals surface area contributed by atoms with Gasteiger partial charge in [0.15, 0.2) is 5.65 Å². The third-order valence-corrected chi connectivity index (χ3v) is 4.29. The summed E-state index contributed by atoms with van der Waals surface area (Å²) in [6.07, 6.45) is 8.04. The summed E-state index contributed by atoms with van der Waals surface area (Å²) in [6.45, 7) is 5.53. The van der Waals surface area contributed by atoms with Crippen molar-refractivity contribution in [2.24, 2.45) is 5.92 Å². The van der Waals surface area contributed by atoms with E-state index in [0.29, 0.717) is 17.9 Å². The Labute approximate surface area is 125 Å². The van der Waals surface area contributed by atoms with Crippen LogP contribution < -0.4 is 10.6 Å². The molecule has 1 fully saturated rings. The highest BCUT2D eigenvalue weighted by Gasteiger charge is 2.26. The standard InChI is InChI=1S/C15H24N6/c1-10(2)7-8-21(11-5-3-4-6-11)14-12-9-17-20-13(12)18-15(16)19-14/h9-11H,3-8H2,1-2H3,(H3,16,17,18,19,20). The number of aromatic nitrogens is 4. The van der Waals surface area contributed by atoms with E-state index in [9.17, 15) is 0 Å². The Morgan fingerprint density at radius 2 is 2.10 bits per heavy atom. The normalized spacial score (nSPS) is 16.1. The lowest BCUT2D eigenvalue weighted by Crippen LogP contribution is -2.35. The maximum atomic E-state index is 5.88. The van der Waals surface area contributed by atoms with Crippen molar-refractivity contribution in [3.05, 3.63) is 6.20 Å². The van der Waals surface area contributed by atoms with Crippen LogP contribution in [0.3, 0.4) is 0 Å². The molecule has 0 atom stereocenters. The molecule has 1 aliphatic rings. The van der Waals surface area contributed by atoms with Gasteiger partial charge in [0.25, 0.3) is 0 Å². The lowest BCUT2D eigenvalue weighted by atomic mass is 10.1. The number of H-pyrrole nitrogens is 1. The molecule has 0 saturated heterocycles. The van der Waals surface area contributed by atoms with Gasteiger partial charge in [0, 0.05) is 12.6 Å². The van der Waals surface area contributed by atoms with Gasteiger partial charge in [0.2, 0.25) is 5.95 Å². The molecule has 21 heavy (non-hydrogen) atoms. The molecule has 3 N–H and O–H groups in total. The third kappa shape index (κ3) is 2.94. The molecule has 2 heterocycles. The van der Waals surface area contributed by atoms with E-state index >= 15 is 0 Å². The van der Waals surface area contributed by atoms with Crippen LogP contribution in [0, 0.1) is 5.92 Å². The quantitative estimate of drug-likeness (QED) is 0.883. The smallest absolute Gasteiger partial charge is 0.224 e. The fourth-order valence-electron chi connectivity index (χ4n) is 3.13. The van der Waals surface area contributed by atoms with Crippen molar-refractivity contribution in [1.29, 1.82) is 0 Å². The molecule has 2 aromatic rings. The number of hydrogen-bond acceptors (Lipinski definition) is 5. The Bertz CT molecular complexity index is 599. The molecule has 0 bridgehead atoms. The maximum Gasteiger partial charge on any atom is 0.224 e. The molecule has 0 unspecified atom stereocenters. The summed E-state index contributed by atoms with van der Waals surface area (Å²) < 4.78 is 0. The lowest BCUT2D eigenvalue weighted by Gasteiger charge is -2.31. The fourth-order valence-corrected chi connectivity index (χ4v) is 3.13. The second-order valence-electron chi connectivity index (χ2n) is 6.35. The van der Waals surface area contributed by atoms with E-state index in [-0.39, 0.29) is 0 Å². The molecule has 1 saturated carbocycles. The van der Waals surface area contributed by atoms with Crippen molar-refractivity contribution in [2.45, 2.75) is 52.0 Å². The zero-order chi connectivity index (χ0) is 14.8. The molecule has 0 aliphatic heterocycles. The van der Waals surface area contributed by atoms with Crippen molar-refractivity contribution < 1.29 is 0 Å². The van der Waals surface area contributed by atoms with Gasteiger partial charge in [-0.3, -0.25) is 5.10 Å². The molecule has 0 spiro atoms. The predicted molar refractivity (Wildman–Crippen MR) is 85.2 cm³/mol. The van der Waals surface area contributed by atoms with Crippen molar-refractivity contribution in [1.82, 2.24) is 20.2 Å². The Morgan fingerprint density at radius 3 is 2.81 bits per heavy atom. The molecule has 6 nitrogen and oxygen atoms in total. The Morgan fingerprint density at radius 1 is 1.33 bits per heavy atom. The average molecular weight is 288 g/mol. The van der Waals surface area contributed by atoms with Gasteiger partial charge in [0.05, 0.1) is 11.6 Å². The van der Waals surface area contributed by atoms with Crippen LogP contribution in [0.15, 0.2) is 6.20 Å². The van der Waals surface area contributed by atoms with Crippen molar-refractivity contribution in [3.63, 3.8) is 0 Å². The molecule has 1 aliphatic carbocycles. The Kier molecular flexibility index (Phi) is 3.94. The highest BCUT2D eigenvalue weighted by Crippen LogP contribution is 2.31. The fraction of sp³-hybridized carbons (Fsp3) is 0.667. The van der Waals surface area contributed by atoms with Crippen LogP contribution >= 0.6 is 0 Å². The second kappa shape index (κ2) is 5.87. The summed E-state index contributed by atoms with van der Waals surface area (Å²) in [5.41, 5.74) is 6.61. The van der Waals surface area contributed by atoms with E-state index in [0.717, 1.165) is 29.8 Å². The number of aromatic amines is 1. The Balaban J connectivity index is 1.98. The van der Waals surface area contributed by atoms with Crippen LogP contribution in [0.25, 0.3) is 11.0 Å². The van der Waals surface area contributed by atoms with Crippen LogP contribution in [-0.2, 0) is 0 Å². The first-order valence-electron chi connectivity index (χ1n) is 7.88. The summed E-state index contributed by atoms with van der Waals surface area (Å²) in [5.74, 6) is 1.93. The van der Waals surface area contributed by atoms with E-state index < -0.39 is 0 Å². The minimum Gasteiger partial charge on any atom is -0.368 e. The molecule has 3 rings (SSSR count). The summed E-state index contributed by atoms with van der Waals surface area (Å²) in [6, 6.07) is 0.566. The minimum atomic E-state index is 0.314. The number of nitrogens with two attached hydrogens (primary N) is 1. The molecule has 0 radical (unpaired) electrons. The molecule has 0 aromatic carbocycles. The van der Waals surface area contributed by atoms with Gasteiger partial charge >= 0.3 is 0 Å². The summed E-state index contributed by atoms with van der Waals surface area (Å²) >= 11 is 0. The summed E-state index contributed by atoms with van der Waals surface area (Å²) in [7, 11) is 0. The molecule has 0 amide bonds. The van der Waals surface area contributed by atoms with E-state index in [4.69, 9.17) is 5.73 Å². The SMILES string of the molecule is CC(C)CCN(c1nc(N)nc2[nH]ncc12)C1CCCC1. The highest BCUT2D eigenvalue weighted by molar-refractivity contribution is 5.87. The van der Waals surface area contributed by atoms with Crippen molar-refractivity contribution in [3.8, 4) is 0 Å². The van der Waals surface area contributed by atoms with Crippen LogP contribution in [0.1, 0.15) is 46.0 Å². The first-order valence-corrected chi connectivity index (χ1v) is 7.88. The van der Waals surface area contributed by atoms with E-state index in [2.05, 4.69) is 38.9 Å². The number of anilines is 2. The van der Waals surface area contributed by atoms with E-state index in [1.165, 1.54) is 25.7 Å². The zero-order valence-electron chi connectivity index (χ0n) is 12.8. The number of nitrogen functional groups attached to an aromatic ring is 1. The number of rotatable bonds is 5. The van der Waals surface area contributed by atoms with E-state index in [1.54, 1.807) is 6.20 Å². The first kappa shape index (κ1) is 14.1. The predicted octanol–water partition coefficient (Wildman–Crippen LogP) is 2.73. The monoisotopic (exact) mass is 288 g/mol. The van der Waals surface area contributed by atoms with Gasteiger partial charge in [-0.2, -0.15) is 15.1 Å². The Hall–Kier alpha value is -1.85. The third-order valence-electron chi connectivity index (χ3n) is 4.29. The minimum absolute atomic E-state index is 0.314. The largest absolute Gasteiger partial charge is 0.368 e. The highest BCUT2D eigenvalue weighted by atomic mass is 15.3. The lowest BCUT2D eigenvalue weighted by molar-refractivity contribution is 0.526. The van der Waals surface area contributed by atoms with Crippen LogP contribution in [0.2, 0.25) is 0 Å². The molecule has 6 heteroatoms. The van der Waals surface area contributed by atoms with Gasteiger partial charge in [-0.25, -0.2) is 0 Å². The van der Waals surface area contributed by atoms with Crippen LogP contribution in [0.4, 0.5) is 11.8 Å². The average Bonchev–Trinajstić information content (AvgIpc) is 3.08. The maximum absolute atomic E-state index is 5.88. The first-order chi connectivity index (χ1) is 10.1. The number of nitrogens with zero attached hydrogens (tertiary/aromatic N) is 4. The summed E-state index contributed by atoms with van der Waals surface area (Å²) in [4.78, 5) is 11.2. The van der Waals surface area contributed by atoms with Gasteiger partial charge in [-0.05, 0) is 25.2 Å². The summed E-state index contributed by atoms with van der Waals surface area (Å²) in [5, 5.41) is 7.97. The van der Waals surface area contributed by atoms with Gasteiger partial charge in [0.1, 0.15) is 5.82 Å². The molecule has 114 valence electrons. The van der Waals surface area contributed by atoms with Gasteiger partial charge in [-0.1, -0.05) is 26.7 Å². The van der Waals surface area contributed by atoms with Crippen molar-refractivity contribution >= 4 is 22.8 Å². The van der Waals surface area contributed by atoms with E-state index in [1.807, 2.05) is 0 Å². The second-order valence-corrected chi connectivity index (χ2v) is 6.35.